The quantitative estimate of drug-likeness (QED) is 0.556. The molecule has 1 aliphatic carbocycles. The van der Waals surface area contributed by atoms with E-state index in [0.29, 0.717) is 0 Å². The lowest BCUT2D eigenvalue weighted by atomic mass is 9.90. The van der Waals surface area contributed by atoms with Crippen molar-refractivity contribution in [2.75, 3.05) is 16.0 Å². The molecule has 0 fully saturated rings. The van der Waals surface area contributed by atoms with E-state index in [1.807, 2.05) is 48.5 Å². The molecule has 2 aliphatic rings. The first-order valence-electron chi connectivity index (χ1n) is 10.1. The zero-order valence-corrected chi connectivity index (χ0v) is 16.1. The number of rotatable bonds is 3. The number of para-hydroxylation sites is 3. The molecule has 1 heterocycles. The summed E-state index contributed by atoms with van der Waals surface area (Å²) in [6.45, 7) is 0. The van der Waals surface area contributed by atoms with Crippen LogP contribution < -0.4 is 16.0 Å². The van der Waals surface area contributed by atoms with Gasteiger partial charge in [0.25, 0.3) is 5.91 Å². The molecule has 144 valence electrons. The first-order valence-corrected chi connectivity index (χ1v) is 10.1. The third kappa shape index (κ3) is 3.38. The summed E-state index contributed by atoms with van der Waals surface area (Å²) in [5.41, 5.74) is 6.01. The minimum atomic E-state index is -0.0209. The highest BCUT2D eigenvalue weighted by Crippen LogP contribution is 2.46. The maximum atomic E-state index is 13.1. The summed E-state index contributed by atoms with van der Waals surface area (Å²) in [6.07, 6.45) is 1.69. The number of carbonyl (C=O) groups excluding carboxylic acids is 1. The summed E-state index contributed by atoms with van der Waals surface area (Å²) >= 11 is 0. The molecule has 2 atom stereocenters. The number of hydrogen-bond acceptors (Lipinski definition) is 3. The second-order valence-corrected chi connectivity index (χ2v) is 7.56. The minimum absolute atomic E-state index is 0.0209. The summed E-state index contributed by atoms with van der Waals surface area (Å²) in [5.74, 6) is 0.189. The Morgan fingerprint density at radius 3 is 2.24 bits per heavy atom. The molecule has 0 bridgehead atoms. The number of benzene rings is 3. The smallest absolute Gasteiger partial charge is 0.253 e. The van der Waals surface area contributed by atoms with Crippen molar-refractivity contribution in [3.8, 4) is 0 Å². The summed E-state index contributed by atoms with van der Waals surface area (Å²) in [6, 6.07) is 28.5. The van der Waals surface area contributed by atoms with E-state index >= 15 is 0 Å². The molecule has 29 heavy (non-hydrogen) atoms. The molecule has 4 nitrogen and oxygen atoms in total. The first-order chi connectivity index (χ1) is 14.3. The van der Waals surface area contributed by atoms with Crippen LogP contribution in [0.25, 0.3) is 0 Å². The molecule has 0 saturated carbocycles. The Balaban J connectivity index is 1.55. The highest BCUT2D eigenvalue weighted by atomic mass is 16.1. The highest BCUT2D eigenvalue weighted by molar-refractivity contribution is 6.05. The number of nitrogens with one attached hydrogen (secondary N) is 3. The lowest BCUT2D eigenvalue weighted by Crippen LogP contribution is -2.22. The Hall–Kier alpha value is -3.53. The molecule has 0 spiro atoms. The van der Waals surface area contributed by atoms with Crippen LogP contribution in [0.5, 0.6) is 0 Å². The Labute approximate surface area is 170 Å². The van der Waals surface area contributed by atoms with Gasteiger partial charge in [0.2, 0.25) is 0 Å². The topological polar surface area (TPSA) is 53.2 Å². The van der Waals surface area contributed by atoms with E-state index in [1.165, 1.54) is 5.56 Å². The van der Waals surface area contributed by atoms with E-state index < -0.39 is 0 Å². The van der Waals surface area contributed by atoms with Crippen LogP contribution in [0, 0.1) is 5.92 Å². The van der Waals surface area contributed by atoms with E-state index in [-0.39, 0.29) is 17.9 Å². The summed E-state index contributed by atoms with van der Waals surface area (Å²) < 4.78 is 0. The molecule has 0 aromatic heterocycles. The van der Waals surface area contributed by atoms with Crippen LogP contribution in [-0.4, -0.2) is 5.91 Å². The highest BCUT2D eigenvalue weighted by Gasteiger charge is 2.38. The van der Waals surface area contributed by atoms with Gasteiger partial charge in [-0.2, -0.15) is 0 Å². The van der Waals surface area contributed by atoms with Crippen LogP contribution in [0.3, 0.4) is 0 Å². The van der Waals surface area contributed by atoms with Crippen molar-refractivity contribution in [2.45, 2.75) is 18.9 Å². The molecule has 3 N–H and O–H groups in total. The van der Waals surface area contributed by atoms with Gasteiger partial charge in [-0.1, -0.05) is 60.7 Å². The zero-order chi connectivity index (χ0) is 19.6. The van der Waals surface area contributed by atoms with Gasteiger partial charge in [-0.3, -0.25) is 4.79 Å². The molecular formula is C25H23N3O. The first kappa shape index (κ1) is 17.6. The van der Waals surface area contributed by atoms with Gasteiger partial charge in [-0.05, 0) is 42.7 Å². The second-order valence-electron chi connectivity index (χ2n) is 7.56. The third-order valence-electron chi connectivity index (χ3n) is 5.78. The predicted molar refractivity (Wildman–Crippen MR) is 118 cm³/mol. The molecule has 0 radical (unpaired) electrons. The van der Waals surface area contributed by atoms with Gasteiger partial charge in [0.15, 0.2) is 0 Å². The monoisotopic (exact) mass is 381 g/mol. The molecule has 3 aromatic carbocycles. The van der Waals surface area contributed by atoms with E-state index in [2.05, 4.69) is 52.3 Å². The van der Waals surface area contributed by atoms with Crippen molar-refractivity contribution >= 4 is 23.0 Å². The normalized spacial score (nSPS) is 20.0. The maximum Gasteiger partial charge on any atom is 0.253 e. The Kier molecular flexibility index (Phi) is 4.53. The molecule has 1 amide bonds. The molecule has 0 saturated heterocycles. The van der Waals surface area contributed by atoms with Gasteiger partial charge in [-0.25, -0.2) is 0 Å². The van der Waals surface area contributed by atoms with Crippen LogP contribution in [-0.2, 0) is 4.79 Å². The van der Waals surface area contributed by atoms with Gasteiger partial charge in [0.1, 0.15) is 0 Å². The standard InChI is InChI=1S/C25H23N3O/c29-25(26-18-11-5-2-6-12-18)20-16-15-19-23(17-9-3-1-4-10-17)27-21-13-7-8-14-22(21)28-24(19)20/h1-14,19,23,27-28H,15-16H2,(H,26,29). The van der Waals surface area contributed by atoms with Crippen LogP contribution in [0.4, 0.5) is 17.1 Å². The van der Waals surface area contributed by atoms with Crippen molar-refractivity contribution in [3.63, 3.8) is 0 Å². The van der Waals surface area contributed by atoms with Gasteiger partial charge in [0.05, 0.1) is 17.4 Å². The molecule has 2 unspecified atom stereocenters. The summed E-state index contributed by atoms with van der Waals surface area (Å²) in [4.78, 5) is 13.1. The fourth-order valence-electron chi connectivity index (χ4n) is 4.38. The van der Waals surface area contributed by atoms with E-state index in [0.717, 1.165) is 41.2 Å². The van der Waals surface area contributed by atoms with Crippen LogP contribution in [0.1, 0.15) is 24.4 Å². The lowest BCUT2D eigenvalue weighted by molar-refractivity contribution is -0.113. The van der Waals surface area contributed by atoms with Gasteiger partial charge in [-0.15, -0.1) is 0 Å². The number of fused-ring (bicyclic) bond motifs is 2. The Morgan fingerprint density at radius 2 is 1.48 bits per heavy atom. The van der Waals surface area contributed by atoms with Crippen molar-refractivity contribution in [1.82, 2.24) is 0 Å². The average molecular weight is 381 g/mol. The van der Waals surface area contributed by atoms with E-state index in [4.69, 9.17) is 0 Å². The van der Waals surface area contributed by atoms with Crippen molar-refractivity contribution in [2.24, 2.45) is 5.92 Å². The second kappa shape index (κ2) is 7.47. The minimum Gasteiger partial charge on any atom is -0.376 e. The molecule has 4 heteroatoms. The Morgan fingerprint density at radius 1 is 0.828 bits per heavy atom. The third-order valence-corrected chi connectivity index (χ3v) is 5.78. The summed E-state index contributed by atoms with van der Waals surface area (Å²) in [5, 5.41) is 10.4. The fourth-order valence-corrected chi connectivity index (χ4v) is 4.38. The number of anilines is 3. The lowest BCUT2D eigenvalue weighted by Gasteiger charge is -2.25. The number of carbonyl (C=O) groups is 1. The van der Waals surface area contributed by atoms with Crippen LogP contribution in [0.15, 0.2) is 96.2 Å². The van der Waals surface area contributed by atoms with Crippen LogP contribution in [0.2, 0.25) is 0 Å². The number of amides is 1. The zero-order valence-electron chi connectivity index (χ0n) is 16.1. The van der Waals surface area contributed by atoms with Crippen molar-refractivity contribution in [1.29, 1.82) is 0 Å². The van der Waals surface area contributed by atoms with Crippen molar-refractivity contribution < 1.29 is 4.79 Å². The molecular weight excluding hydrogens is 358 g/mol. The van der Waals surface area contributed by atoms with Gasteiger partial charge < -0.3 is 16.0 Å². The SMILES string of the molecule is O=C(Nc1ccccc1)C1=C2Nc3ccccc3NC(c3ccccc3)C2CC1. The Bertz CT molecular complexity index is 1060. The predicted octanol–water partition coefficient (Wildman–Crippen LogP) is 5.57. The summed E-state index contributed by atoms with van der Waals surface area (Å²) in [7, 11) is 0. The molecule has 3 aromatic rings. The van der Waals surface area contributed by atoms with Crippen molar-refractivity contribution in [3.05, 3.63) is 102 Å². The average Bonchev–Trinajstić information content (AvgIpc) is 3.10. The van der Waals surface area contributed by atoms with Gasteiger partial charge in [0, 0.05) is 22.9 Å². The fraction of sp³-hybridized carbons (Fsp3) is 0.160. The maximum absolute atomic E-state index is 13.1. The van der Waals surface area contributed by atoms with E-state index in [9.17, 15) is 4.79 Å². The molecule has 5 rings (SSSR count). The van der Waals surface area contributed by atoms with Crippen LogP contribution >= 0.6 is 0 Å². The van der Waals surface area contributed by atoms with Gasteiger partial charge >= 0.3 is 0 Å². The number of hydrogen-bond donors (Lipinski definition) is 3. The molecule has 1 aliphatic heterocycles. The van der Waals surface area contributed by atoms with E-state index in [1.54, 1.807) is 0 Å². The largest absolute Gasteiger partial charge is 0.376 e.